The van der Waals surface area contributed by atoms with Gasteiger partial charge >= 0.3 is 0 Å². The van der Waals surface area contributed by atoms with Gasteiger partial charge in [-0.15, -0.1) is 0 Å². The van der Waals surface area contributed by atoms with Crippen molar-refractivity contribution in [2.45, 2.75) is 25.3 Å². The van der Waals surface area contributed by atoms with E-state index in [4.69, 9.17) is 9.84 Å². The van der Waals surface area contributed by atoms with Crippen LogP contribution < -0.4 is 4.74 Å². The van der Waals surface area contributed by atoms with E-state index in [9.17, 15) is 0 Å². The molecule has 1 aliphatic heterocycles. The molecule has 25 heavy (non-hydrogen) atoms. The van der Waals surface area contributed by atoms with Gasteiger partial charge in [0, 0.05) is 38.4 Å². The average Bonchev–Trinajstić information content (AvgIpc) is 3.00. The number of piperidine rings is 1. The minimum absolute atomic E-state index is 0.410. The van der Waals surface area contributed by atoms with Crippen molar-refractivity contribution in [1.29, 1.82) is 0 Å². The van der Waals surface area contributed by atoms with Crippen molar-refractivity contribution < 1.29 is 4.74 Å². The Labute approximate surface area is 147 Å². The minimum Gasteiger partial charge on any atom is -0.497 e. The summed E-state index contributed by atoms with van der Waals surface area (Å²) in [5.41, 5.74) is 4.21. The van der Waals surface area contributed by atoms with Crippen molar-refractivity contribution in [3.05, 3.63) is 47.9 Å². The first-order valence-electron chi connectivity index (χ1n) is 8.73. The Bertz CT molecular complexity index is 858. The number of aryl methyl sites for hydroxylation is 1. The lowest BCUT2D eigenvalue weighted by atomic mass is 9.94. The van der Waals surface area contributed by atoms with E-state index in [1.807, 2.05) is 23.9 Å². The zero-order valence-electron chi connectivity index (χ0n) is 14.7. The van der Waals surface area contributed by atoms with Gasteiger partial charge in [-0.1, -0.05) is 12.1 Å². The van der Waals surface area contributed by atoms with Gasteiger partial charge in [0.1, 0.15) is 11.3 Å². The number of fused-ring (bicyclic) bond motifs is 1. The van der Waals surface area contributed by atoms with Crippen LogP contribution in [-0.4, -0.2) is 44.8 Å². The van der Waals surface area contributed by atoms with E-state index in [2.05, 4.69) is 27.0 Å². The number of methoxy groups -OCH3 is 1. The number of benzene rings is 1. The third-order valence-corrected chi connectivity index (χ3v) is 4.94. The summed E-state index contributed by atoms with van der Waals surface area (Å²) >= 11 is 0. The van der Waals surface area contributed by atoms with Crippen LogP contribution in [-0.2, 0) is 13.6 Å². The fourth-order valence-corrected chi connectivity index (χ4v) is 3.69. The van der Waals surface area contributed by atoms with Gasteiger partial charge in [-0.2, -0.15) is 5.10 Å². The molecule has 1 aromatic carbocycles. The summed E-state index contributed by atoms with van der Waals surface area (Å²) in [6.45, 7) is 3.09. The Hall–Kier alpha value is -2.47. The third kappa shape index (κ3) is 3.22. The number of ether oxygens (including phenoxy) is 1. The first-order chi connectivity index (χ1) is 12.2. The second-order valence-corrected chi connectivity index (χ2v) is 6.66. The molecule has 0 unspecified atom stereocenters. The number of hydrogen-bond donors (Lipinski definition) is 0. The van der Waals surface area contributed by atoms with Crippen LogP contribution in [0.1, 0.15) is 30.0 Å². The zero-order chi connectivity index (χ0) is 17.2. The summed E-state index contributed by atoms with van der Waals surface area (Å²) in [6, 6.07) is 8.34. The Morgan fingerprint density at radius 1 is 1.16 bits per heavy atom. The van der Waals surface area contributed by atoms with E-state index in [0.717, 1.165) is 48.7 Å². The summed E-state index contributed by atoms with van der Waals surface area (Å²) in [4.78, 5) is 11.4. The van der Waals surface area contributed by atoms with Crippen LogP contribution in [0.5, 0.6) is 5.75 Å². The van der Waals surface area contributed by atoms with Crippen LogP contribution in [0.3, 0.4) is 0 Å². The highest BCUT2D eigenvalue weighted by molar-refractivity contribution is 5.73. The topological polar surface area (TPSA) is 56.1 Å². The van der Waals surface area contributed by atoms with Gasteiger partial charge in [0.15, 0.2) is 5.65 Å². The van der Waals surface area contributed by atoms with Crippen molar-refractivity contribution >= 4 is 11.2 Å². The summed E-state index contributed by atoms with van der Waals surface area (Å²) in [5, 5.41) is 4.73. The Kier molecular flexibility index (Phi) is 4.36. The van der Waals surface area contributed by atoms with Crippen molar-refractivity contribution in [1.82, 2.24) is 24.6 Å². The molecule has 3 aromatic rings. The maximum Gasteiger partial charge on any atom is 0.176 e. The van der Waals surface area contributed by atoms with E-state index < -0.39 is 0 Å². The molecule has 0 N–H and O–H groups in total. The number of hydrogen-bond acceptors (Lipinski definition) is 5. The Morgan fingerprint density at radius 3 is 2.76 bits per heavy atom. The molecule has 0 amide bonds. The van der Waals surface area contributed by atoms with Crippen LogP contribution in [0.2, 0.25) is 0 Å². The van der Waals surface area contributed by atoms with E-state index >= 15 is 0 Å². The minimum atomic E-state index is 0.410. The Morgan fingerprint density at radius 2 is 1.96 bits per heavy atom. The number of aromatic nitrogens is 4. The van der Waals surface area contributed by atoms with E-state index in [0.29, 0.717) is 5.92 Å². The van der Waals surface area contributed by atoms with E-state index in [1.165, 1.54) is 12.0 Å². The normalized spacial score (nSPS) is 18.6. The van der Waals surface area contributed by atoms with E-state index in [1.54, 1.807) is 19.5 Å². The Balaban J connectivity index is 1.52. The predicted octanol–water partition coefficient (Wildman–Crippen LogP) is 2.75. The predicted molar refractivity (Wildman–Crippen MR) is 96.6 cm³/mol. The average molecular weight is 337 g/mol. The molecule has 1 aliphatic rings. The summed E-state index contributed by atoms with van der Waals surface area (Å²) in [5.74, 6) is 1.31. The molecule has 1 atom stereocenters. The smallest absolute Gasteiger partial charge is 0.176 e. The molecule has 2 aromatic heterocycles. The third-order valence-electron chi connectivity index (χ3n) is 4.94. The highest BCUT2D eigenvalue weighted by Gasteiger charge is 2.26. The lowest BCUT2D eigenvalue weighted by molar-refractivity contribution is 0.198. The van der Waals surface area contributed by atoms with Crippen LogP contribution in [0, 0.1) is 0 Å². The SMILES string of the molecule is COc1ccc(CN2CCC[C@@H](c3nn(C)c4nccnc34)C2)cc1. The van der Waals surface area contributed by atoms with Gasteiger partial charge in [-0.25, -0.2) is 14.6 Å². The van der Waals surface area contributed by atoms with Gasteiger partial charge in [-0.3, -0.25) is 4.90 Å². The fraction of sp³-hybridized carbons (Fsp3) is 0.421. The molecule has 130 valence electrons. The van der Waals surface area contributed by atoms with Crippen LogP contribution in [0.4, 0.5) is 0 Å². The van der Waals surface area contributed by atoms with Gasteiger partial charge < -0.3 is 4.74 Å². The quantitative estimate of drug-likeness (QED) is 0.733. The highest BCUT2D eigenvalue weighted by atomic mass is 16.5. The summed E-state index contributed by atoms with van der Waals surface area (Å²) in [6.07, 6.45) is 5.82. The monoisotopic (exact) mass is 337 g/mol. The summed E-state index contributed by atoms with van der Waals surface area (Å²) < 4.78 is 7.09. The van der Waals surface area contributed by atoms with Crippen LogP contribution >= 0.6 is 0 Å². The first kappa shape index (κ1) is 16.0. The lowest BCUT2D eigenvalue weighted by Crippen LogP contribution is -2.34. The van der Waals surface area contributed by atoms with Gasteiger partial charge in [0.2, 0.25) is 0 Å². The lowest BCUT2D eigenvalue weighted by Gasteiger charge is -2.32. The molecule has 1 saturated heterocycles. The van der Waals surface area contributed by atoms with Crippen molar-refractivity contribution in [3.63, 3.8) is 0 Å². The van der Waals surface area contributed by atoms with Crippen LogP contribution in [0.25, 0.3) is 11.2 Å². The maximum absolute atomic E-state index is 5.24. The zero-order valence-corrected chi connectivity index (χ0v) is 14.7. The maximum atomic E-state index is 5.24. The van der Waals surface area contributed by atoms with Crippen molar-refractivity contribution in [3.8, 4) is 5.75 Å². The standard InChI is InChI=1S/C19H23N5O/c1-23-19-18(20-9-10-21-19)17(22-23)15-4-3-11-24(13-15)12-14-5-7-16(25-2)8-6-14/h5-10,15H,3-4,11-13H2,1-2H3/t15-/m1/s1. The highest BCUT2D eigenvalue weighted by Crippen LogP contribution is 2.30. The molecule has 0 spiro atoms. The fourth-order valence-electron chi connectivity index (χ4n) is 3.69. The number of likely N-dealkylation sites (tertiary alicyclic amines) is 1. The van der Waals surface area contributed by atoms with Crippen LogP contribution in [0.15, 0.2) is 36.7 Å². The van der Waals surface area contributed by atoms with Crippen molar-refractivity contribution in [2.24, 2.45) is 7.05 Å². The molecule has 3 heterocycles. The second kappa shape index (κ2) is 6.80. The number of rotatable bonds is 4. The molecular weight excluding hydrogens is 314 g/mol. The number of nitrogens with zero attached hydrogens (tertiary/aromatic N) is 5. The van der Waals surface area contributed by atoms with Gasteiger partial charge in [0.05, 0.1) is 12.8 Å². The molecule has 6 heteroatoms. The molecule has 0 aliphatic carbocycles. The molecule has 0 radical (unpaired) electrons. The molecule has 6 nitrogen and oxygen atoms in total. The molecule has 1 fully saturated rings. The molecular formula is C19H23N5O. The largest absolute Gasteiger partial charge is 0.497 e. The summed E-state index contributed by atoms with van der Waals surface area (Å²) in [7, 11) is 3.64. The van der Waals surface area contributed by atoms with Gasteiger partial charge in [0.25, 0.3) is 0 Å². The second-order valence-electron chi connectivity index (χ2n) is 6.66. The molecule has 0 saturated carbocycles. The van der Waals surface area contributed by atoms with E-state index in [-0.39, 0.29) is 0 Å². The first-order valence-corrected chi connectivity index (χ1v) is 8.73. The molecule has 4 rings (SSSR count). The van der Waals surface area contributed by atoms with Gasteiger partial charge in [-0.05, 0) is 37.1 Å². The van der Waals surface area contributed by atoms with Crippen molar-refractivity contribution in [2.75, 3.05) is 20.2 Å². The molecule has 0 bridgehead atoms.